The van der Waals surface area contributed by atoms with E-state index < -0.39 is 0 Å². The standard InChI is InChI=1S/C24H34N4O/c1-26(2)18-20-17-21(25-27(20)3)22-13-7-10-16-28(22)23(29)24(14-8-9-15-24)19-11-5-4-6-12-19/h4-6,11-12,17,22H,7-10,13-16,18H2,1-3H3/t22-/m0/s1. The number of aryl methyl sites for hydroxylation is 1. The first-order chi connectivity index (χ1) is 14.0. The zero-order valence-electron chi connectivity index (χ0n) is 18.1. The molecule has 1 saturated heterocycles. The largest absolute Gasteiger partial charge is 0.333 e. The fraction of sp³-hybridized carbons (Fsp3) is 0.583. The van der Waals surface area contributed by atoms with Crippen LogP contribution in [-0.2, 0) is 23.8 Å². The molecule has 1 aromatic heterocycles. The van der Waals surface area contributed by atoms with Gasteiger partial charge in [-0.05, 0) is 57.8 Å². The minimum atomic E-state index is -0.349. The van der Waals surface area contributed by atoms with Crippen molar-refractivity contribution in [2.75, 3.05) is 20.6 Å². The lowest BCUT2D eigenvalue weighted by molar-refractivity contribution is -0.141. The molecule has 1 amide bonds. The van der Waals surface area contributed by atoms with E-state index in [1.807, 2.05) is 17.8 Å². The Bertz CT molecular complexity index is 836. The Morgan fingerprint density at radius 3 is 2.55 bits per heavy atom. The summed E-state index contributed by atoms with van der Waals surface area (Å²) in [5.41, 5.74) is 3.10. The van der Waals surface area contributed by atoms with Crippen molar-refractivity contribution in [1.82, 2.24) is 19.6 Å². The van der Waals surface area contributed by atoms with Crippen LogP contribution in [0.15, 0.2) is 36.4 Å². The van der Waals surface area contributed by atoms with E-state index in [4.69, 9.17) is 5.10 Å². The van der Waals surface area contributed by atoms with Gasteiger partial charge in [0.2, 0.25) is 5.91 Å². The van der Waals surface area contributed by atoms with Crippen molar-refractivity contribution < 1.29 is 4.79 Å². The van der Waals surface area contributed by atoms with Crippen LogP contribution in [0.4, 0.5) is 0 Å². The highest BCUT2D eigenvalue weighted by atomic mass is 16.2. The van der Waals surface area contributed by atoms with Crippen molar-refractivity contribution in [2.45, 2.75) is 62.9 Å². The van der Waals surface area contributed by atoms with E-state index >= 15 is 0 Å². The molecule has 0 radical (unpaired) electrons. The molecule has 4 rings (SSSR count). The summed E-state index contributed by atoms with van der Waals surface area (Å²) in [6, 6.07) is 12.8. The van der Waals surface area contributed by atoms with Crippen molar-refractivity contribution >= 4 is 5.91 Å². The van der Waals surface area contributed by atoms with Crippen LogP contribution in [0.3, 0.4) is 0 Å². The lowest BCUT2D eigenvalue weighted by atomic mass is 9.76. The lowest BCUT2D eigenvalue weighted by Gasteiger charge is -2.41. The fourth-order valence-corrected chi connectivity index (χ4v) is 5.28. The molecule has 1 saturated carbocycles. The molecule has 0 unspecified atom stereocenters. The van der Waals surface area contributed by atoms with E-state index in [1.54, 1.807) is 0 Å². The number of rotatable bonds is 5. The number of nitrogens with zero attached hydrogens (tertiary/aromatic N) is 4. The number of hydrogen-bond acceptors (Lipinski definition) is 3. The van der Waals surface area contributed by atoms with E-state index in [0.717, 1.165) is 63.7 Å². The minimum absolute atomic E-state index is 0.0968. The van der Waals surface area contributed by atoms with Gasteiger partial charge in [0.15, 0.2) is 0 Å². The predicted molar refractivity (Wildman–Crippen MR) is 115 cm³/mol. The van der Waals surface area contributed by atoms with Gasteiger partial charge >= 0.3 is 0 Å². The van der Waals surface area contributed by atoms with Crippen LogP contribution in [-0.4, -0.2) is 46.1 Å². The molecule has 1 aliphatic heterocycles. The third kappa shape index (κ3) is 3.85. The van der Waals surface area contributed by atoms with Crippen LogP contribution in [0.25, 0.3) is 0 Å². The highest BCUT2D eigenvalue weighted by molar-refractivity contribution is 5.89. The topological polar surface area (TPSA) is 41.4 Å². The first-order valence-electron chi connectivity index (χ1n) is 11.1. The molecule has 29 heavy (non-hydrogen) atoms. The van der Waals surface area contributed by atoms with E-state index in [0.29, 0.717) is 5.91 Å². The molecule has 2 fully saturated rings. The monoisotopic (exact) mass is 394 g/mol. The Balaban J connectivity index is 1.66. The van der Waals surface area contributed by atoms with Crippen molar-refractivity contribution in [3.63, 3.8) is 0 Å². The quantitative estimate of drug-likeness (QED) is 0.768. The maximum atomic E-state index is 14.1. The second-order valence-corrected chi connectivity index (χ2v) is 9.09. The van der Waals surface area contributed by atoms with Gasteiger partial charge in [-0.25, -0.2) is 0 Å². The Labute approximate surface area is 174 Å². The second-order valence-electron chi connectivity index (χ2n) is 9.09. The van der Waals surface area contributed by atoms with Crippen LogP contribution >= 0.6 is 0 Å². The number of hydrogen-bond donors (Lipinski definition) is 0. The van der Waals surface area contributed by atoms with Gasteiger partial charge in [-0.1, -0.05) is 43.2 Å². The van der Waals surface area contributed by atoms with Crippen molar-refractivity contribution in [2.24, 2.45) is 7.05 Å². The summed E-state index contributed by atoms with van der Waals surface area (Å²) < 4.78 is 1.98. The van der Waals surface area contributed by atoms with Gasteiger partial charge < -0.3 is 9.80 Å². The van der Waals surface area contributed by atoms with Gasteiger partial charge in [0.05, 0.1) is 22.8 Å². The van der Waals surface area contributed by atoms with E-state index in [1.165, 1.54) is 11.3 Å². The summed E-state index contributed by atoms with van der Waals surface area (Å²) in [5, 5.41) is 4.84. The number of carbonyl (C=O) groups excluding carboxylic acids is 1. The fourth-order valence-electron chi connectivity index (χ4n) is 5.28. The molecular weight excluding hydrogens is 360 g/mol. The average Bonchev–Trinajstić information content (AvgIpc) is 3.36. The molecular formula is C24H34N4O. The minimum Gasteiger partial charge on any atom is -0.333 e. The Hall–Kier alpha value is -2.14. The van der Waals surface area contributed by atoms with Crippen molar-refractivity contribution in [1.29, 1.82) is 0 Å². The van der Waals surface area contributed by atoms with Gasteiger partial charge in [-0.2, -0.15) is 5.10 Å². The molecule has 1 atom stereocenters. The number of carbonyl (C=O) groups is 1. The molecule has 2 aliphatic rings. The van der Waals surface area contributed by atoms with Gasteiger partial charge in [0.1, 0.15) is 0 Å². The van der Waals surface area contributed by atoms with E-state index in [2.05, 4.69) is 54.2 Å². The maximum absolute atomic E-state index is 14.1. The lowest BCUT2D eigenvalue weighted by Crippen LogP contribution is -2.48. The first kappa shape index (κ1) is 20.1. The van der Waals surface area contributed by atoms with Crippen LogP contribution in [0.2, 0.25) is 0 Å². The molecule has 0 N–H and O–H groups in total. The van der Waals surface area contributed by atoms with Gasteiger partial charge in [0.25, 0.3) is 0 Å². The third-order valence-electron chi connectivity index (χ3n) is 6.77. The van der Waals surface area contributed by atoms with Gasteiger partial charge in [-0.15, -0.1) is 0 Å². The molecule has 0 spiro atoms. The highest BCUT2D eigenvalue weighted by Crippen LogP contribution is 2.45. The smallest absolute Gasteiger partial charge is 0.233 e. The van der Waals surface area contributed by atoms with Crippen LogP contribution < -0.4 is 0 Å². The number of benzene rings is 1. The van der Waals surface area contributed by atoms with Gasteiger partial charge in [0, 0.05) is 20.1 Å². The molecule has 1 aromatic carbocycles. The predicted octanol–water partition coefficient (Wildman–Crippen LogP) is 4.05. The maximum Gasteiger partial charge on any atom is 0.233 e. The van der Waals surface area contributed by atoms with Crippen LogP contribution in [0, 0.1) is 0 Å². The molecule has 2 aromatic rings. The highest BCUT2D eigenvalue weighted by Gasteiger charge is 2.47. The molecule has 5 nitrogen and oxygen atoms in total. The molecule has 156 valence electrons. The first-order valence-corrected chi connectivity index (χ1v) is 11.1. The van der Waals surface area contributed by atoms with Crippen molar-refractivity contribution in [3.05, 3.63) is 53.3 Å². The van der Waals surface area contributed by atoms with Gasteiger partial charge in [-0.3, -0.25) is 9.48 Å². The third-order valence-corrected chi connectivity index (χ3v) is 6.77. The molecule has 2 heterocycles. The zero-order chi connectivity index (χ0) is 20.4. The number of piperidine rings is 1. The van der Waals surface area contributed by atoms with Crippen LogP contribution in [0.1, 0.15) is 67.9 Å². The van der Waals surface area contributed by atoms with E-state index in [9.17, 15) is 4.79 Å². The second kappa shape index (κ2) is 8.31. The normalized spacial score (nSPS) is 21.7. The zero-order valence-corrected chi connectivity index (χ0v) is 18.1. The average molecular weight is 395 g/mol. The Morgan fingerprint density at radius 1 is 1.14 bits per heavy atom. The van der Waals surface area contributed by atoms with Crippen molar-refractivity contribution in [3.8, 4) is 0 Å². The summed E-state index contributed by atoms with van der Waals surface area (Å²) in [6.45, 7) is 1.70. The Kier molecular flexibility index (Phi) is 5.77. The summed E-state index contributed by atoms with van der Waals surface area (Å²) in [4.78, 5) is 18.4. The number of aromatic nitrogens is 2. The SMILES string of the molecule is CN(C)Cc1cc([C@@H]2CCCCN2C(=O)C2(c3ccccc3)CCCC2)nn1C. The molecule has 1 aliphatic carbocycles. The summed E-state index contributed by atoms with van der Waals surface area (Å²) in [7, 11) is 6.17. The molecule has 0 bridgehead atoms. The number of amides is 1. The number of likely N-dealkylation sites (tertiary alicyclic amines) is 1. The molecule has 5 heteroatoms. The summed E-state index contributed by atoms with van der Waals surface area (Å²) in [6.07, 6.45) is 7.46. The Morgan fingerprint density at radius 2 is 1.86 bits per heavy atom. The van der Waals surface area contributed by atoms with Crippen LogP contribution in [0.5, 0.6) is 0 Å². The summed E-state index contributed by atoms with van der Waals surface area (Å²) >= 11 is 0. The summed E-state index contributed by atoms with van der Waals surface area (Å²) in [5.74, 6) is 0.325. The van der Waals surface area contributed by atoms with E-state index in [-0.39, 0.29) is 11.5 Å².